The maximum absolute atomic E-state index is 3.39. The molecule has 0 amide bonds. The molecule has 0 spiro atoms. The second kappa shape index (κ2) is 4.91. The Balaban J connectivity index is 1.80. The third kappa shape index (κ3) is 2.80. The van der Waals surface area contributed by atoms with E-state index in [-0.39, 0.29) is 0 Å². The van der Waals surface area contributed by atoms with Gasteiger partial charge in [0, 0.05) is 45.8 Å². The van der Waals surface area contributed by atoms with Crippen LogP contribution < -0.4 is 5.32 Å². The molecule has 0 bridgehead atoms. The molecule has 0 unspecified atom stereocenters. The lowest BCUT2D eigenvalue weighted by Gasteiger charge is -2.31. The predicted octanol–water partition coefficient (Wildman–Crippen LogP) is 0.154. The molecule has 0 aliphatic carbocycles. The number of nitrogens with zero attached hydrogens (tertiary/aromatic N) is 2. The first-order valence-electron chi connectivity index (χ1n) is 5.64. The molecular formula is C11H21N3. The van der Waals surface area contributed by atoms with Crippen LogP contribution >= 0.6 is 0 Å². The summed E-state index contributed by atoms with van der Waals surface area (Å²) in [6.07, 6.45) is 3.67. The molecule has 3 heteroatoms. The van der Waals surface area contributed by atoms with Gasteiger partial charge in [-0.1, -0.05) is 6.08 Å². The summed E-state index contributed by atoms with van der Waals surface area (Å²) in [7, 11) is 2.21. The van der Waals surface area contributed by atoms with Gasteiger partial charge in [0.15, 0.2) is 0 Å². The van der Waals surface area contributed by atoms with Crippen LogP contribution in [0, 0.1) is 0 Å². The number of nitrogens with one attached hydrogen (secondary N) is 1. The minimum atomic E-state index is 1.16. The summed E-state index contributed by atoms with van der Waals surface area (Å²) >= 11 is 0. The van der Waals surface area contributed by atoms with Gasteiger partial charge in [0.2, 0.25) is 0 Å². The molecule has 0 aromatic rings. The molecule has 14 heavy (non-hydrogen) atoms. The SMILES string of the molecule is CN1CCC=C(CN2CCNCC2)C1. The minimum Gasteiger partial charge on any atom is -0.314 e. The Morgan fingerprint density at radius 2 is 2.07 bits per heavy atom. The summed E-state index contributed by atoms with van der Waals surface area (Å²) in [6.45, 7) is 8.31. The topological polar surface area (TPSA) is 18.5 Å². The Labute approximate surface area is 86.8 Å². The van der Waals surface area contributed by atoms with Crippen molar-refractivity contribution in [2.75, 3.05) is 52.9 Å². The van der Waals surface area contributed by atoms with E-state index in [9.17, 15) is 0 Å². The van der Waals surface area contributed by atoms with E-state index in [0.717, 1.165) is 13.1 Å². The molecule has 1 N–H and O–H groups in total. The van der Waals surface area contributed by atoms with E-state index in [0.29, 0.717) is 0 Å². The quantitative estimate of drug-likeness (QED) is 0.633. The number of hydrogen-bond acceptors (Lipinski definition) is 3. The standard InChI is InChI=1S/C11H21N3/c1-13-6-2-3-11(9-13)10-14-7-4-12-5-8-14/h3,12H,2,4-10H2,1H3. The van der Waals surface area contributed by atoms with Crippen LogP contribution in [0.25, 0.3) is 0 Å². The minimum absolute atomic E-state index is 1.16. The molecule has 0 saturated carbocycles. The predicted molar refractivity (Wildman–Crippen MR) is 59.5 cm³/mol. The molecule has 2 aliphatic heterocycles. The van der Waals surface area contributed by atoms with E-state index in [1.807, 2.05) is 0 Å². The zero-order valence-electron chi connectivity index (χ0n) is 9.13. The highest BCUT2D eigenvalue weighted by atomic mass is 15.2. The van der Waals surface area contributed by atoms with E-state index >= 15 is 0 Å². The zero-order valence-corrected chi connectivity index (χ0v) is 9.13. The van der Waals surface area contributed by atoms with Gasteiger partial charge in [-0.25, -0.2) is 0 Å². The molecule has 0 aromatic carbocycles. The van der Waals surface area contributed by atoms with Crippen LogP contribution in [-0.4, -0.2) is 62.7 Å². The number of hydrogen-bond donors (Lipinski definition) is 1. The van der Waals surface area contributed by atoms with Crippen LogP contribution in [-0.2, 0) is 0 Å². The van der Waals surface area contributed by atoms with Gasteiger partial charge in [-0.3, -0.25) is 4.90 Å². The summed E-state index contributed by atoms with van der Waals surface area (Å²) in [5.74, 6) is 0. The van der Waals surface area contributed by atoms with Crippen LogP contribution in [0.5, 0.6) is 0 Å². The summed E-state index contributed by atoms with van der Waals surface area (Å²) in [6, 6.07) is 0. The molecule has 2 rings (SSSR count). The van der Waals surface area contributed by atoms with Gasteiger partial charge in [0.1, 0.15) is 0 Å². The van der Waals surface area contributed by atoms with Crippen molar-refractivity contribution < 1.29 is 0 Å². The highest BCUT2D eigenvalue weighted by Crippen LogP contribution is 2.09. The van der Waals surface area contributed by atoms with Crippen molar-refractivity contribution in [3.8, 4) is 0 Å². The lowest BCUT2D eigenvalue weighted by molar-refractivity contribution is 0.247. The van der Waals surface area contributed by atoms with Crippen LogP contribution in [0.4, 0.5) is 0 Å². The van der Waals surface area contributed by atoms with Gasteiger partial charge in [0.05, 0.1) is 0 Å². The monoisotopic (exact) mass is 195 g/mol. The molecule has 1 saturated heterocycles. The Kier molecular flexibility index (Phi) is 3.56. The number of likely N-dealkylation sites (N-methyl/N-ethyl adjacent to an activating group) is 1. The Morgan fingerprint density at radius 1 is 1.29 bits per heavy atom. The van der Waals surface area contributed by atoms with E-state index in [4.69, 9.17) is 0 Å². The fourth-order valence-electron chi connectivity index (χ4n) is 2.25. The van der Waals surface area contributed by atoms with Crippen molar-refractivity contribution in [1.82, 2.24) is 15.1 Å². The summed E-state index contributed by atoms with van der Waals surface area (Å²) in [5.41, 5.74) is 1.61. The fourth-order valence-corrected chi connectivity index (χ4v) is 2.25. The van der Waals surface area contributed by atoms with Crippen molar-refractivity contribution in [1.29, 1.82) is 0 Å². The van der Waals surface area contributed by atoms with Gasteiger partial charge in [-0.2, -0.15) is 0 Å². The van der Waals surface area contributed by atoms with Gasteiger partial charge < -0.3 is 10.2 Å². The molecule has 2 aliphatic rings. The first-order chi connectivity index (χ1) is 6.84. The van der Waals surface area contributed by atoms with Crippen LogP contribution in [0.2, 0.25) is 0 Å². The Morgan fingerprint density at radius 3 is 2.79 bits per heavy atom. The molecule has 0 aromatic heterocycles. The van der Waals surface area contributed by atoms with Crippen molar-refractivity contribution >= 4 is 0 Å². The van der Waals surface area contributed by atoms with Crippen LogP contribution in [0.15, 0.2) is 11.6 Å². The van der Waals surface area contributed by atoms with Crippen molar-refractivity contribution in [2.45, 2.75) is 6.42 Å². The average molecular weight is 195 g/mol. The molecule has 3 nitrogen and oxygen atoms in total. The van der Waals surface area contributed by atoms with Crippen LogP contribution in [0.3, 0.4) is 0 Å². The highest BCUT2D eigenvalue weighted by molar-refractivity contribution is 5.10. The Hall–Kier alpha value is -0.380. The third-order valence-electron chi connectivity index (χ3n) is 3.05. The van der Waals surface area contributed by atoms with E-state index < -0.39 is 0 Å². The maximum atomic E-state index is 3.39. The van der Waals surface area contributed by atoms with Gasteiger partial charge in [-0.15, -0.1) is 0 Å². The Bertz CT molecular complexity index is 207. The van der Waals surface area contributed by atoms with Crippen LogP contribution in [0.1, 0.15) is 6.42 Å². The van der Waals surface area contributed by atoms with Gasteiger partial charge in [-0.05, 0) is 19.0 Å². The second-order valence-corrected chi connectivity index (χ2v) is 4.41. The molecular weight excluding hydrogens is 174 g/mol. The maximum Gasteiger partial charge on any atom is 0.0206 e. The largest absolute Gasteiger partial charge is 0.314 e. The number of rotatable bonds is 2. The van der Waals surface area contributed by atoms with Crippen molar-refractivity contribution in [3.63, 3.8) is 0 Å². The zero-order chi connectivity index (χ0) is 9.80. The summed E-state index contributed by atoms with van der Waals surface area (Å²) in [5, 5.41) is 3.39. The molecule has 1 fully saturated rings. The fraction of sp³-hybridized carbons (Fsp3) is 0.818. The van der Waals surface area contributed by atoms with Gasteiger partial charge >= 0.3 is 0 Å². The molecule has 0 radical (unpaired) electrons. The van der Waals surface area contributed by atoms with Gasteiger partial charge in [0.25, 0.3) is 0 Å². The average Bonchev–Trinajstić information content (AvgIpc) is 2.19. The highest BCUT2D eigenvalue weighted by Gasteiger charge is 2.14. The second-order valence-electron chi connectivity index (χ2n) is 4.41. The van der Waals surface area contributed by atoms with E-state index in [2.05, 4.69) is 28.2 Å². The molecule has 0 atom stereocenters. The normalized spacial score (nSPS) is 26.2. The summed E-state index contributed by atoms with van der Waals surface area (Å²) < 4.78 is 0. The first kappa shape index (κ1) is 10.1. The number of piperazine rings is 1. The van der Waals surface area contributed by atoms with E-state index in [1.54, 1.807) is 5.57 Å². The lowest BCUT2D eigenvalue weighted by atomic mass is 10.1. The van der Waals surface area contributed by atoms with E-state index in [1.165, 1.54) is 39.1 Å². The lowest BCUT2D eigenvalue weighted by Crippen LogP contribution is -2.45. The molecule has 2 heterocycles. The first-order valence-corrected chi connectivity index (χ1v) is 5.64. The molecule has 80 valence electrons. The summed E-state index contributed by atoms with van der Waals surface area (Å²) in [4.78, 5) is 4.97. The smallest absolute Gasteiger partial charge is 0.0206 e. The van der Waals surface area contributed by atoms with Crippen molar-refractivity contribution in [2.24, 2.45) is 0 Å². The third-order valence-corrected chi connectivity index (χ3v) is 3.05. The van der Waals surface area contributed by atoms with Crippen molar-refractivity contribution in [3.05, 3.63) is 11.6 Å².